The molecule has 1 amide bonds. The largest absolute Gasteiger partial charge is 0.497 e. The molecule has 1 aromatic carbocycles. The van der Waals surface area contributed by atoms with Crippen LogP contribution >= 0.6 is 0 Å². The van der Waals surface area contributed by atoms with E-state index in [1.54, 1.807) is 7.11 Å². The molecule has 2 aliphatic rings. The number of carbonyl (C=O) groups excluding carboxylic acids is 1. The van der Waals surface area contributed by atoms with Crippen LogP contribution in [0.1, 0.15) is 54.7 Å². The highest BCUT2D eigenvalue weighted by Gasteiger charge is 2.31. The summed E-state index contributed by atoms with van der Waals surface area (Å²) in [5, 5.41) is 4.68. The molecule has 0 bridgehead atoms. The lowest BCUT2D eigenvalue weighted by Gasteiger charge is -2.29. The van der Waals surface area contributed by atoms with Gasteiger partial charge in [-0.3, -0.25) is 4.79 Å². The van der Waals surface area contributed by atoms with Crippen LogP contribution in [0.5, 0.6) is 5.75 Å². The number of carbonyl (C=O) groups is 1. The highest BCUT2D eigenvalue weighted by molar-refractivity contribution is 5.92. The third-order valence-electron chi connectivity index (χ3n) is 5.32. The summed E-state index contributed by atoms with van der Waals surface area (Å²) in [6.07, 6.45) is 4.50. The van der Waals surface area contributed by atoms with Gasteiger partial charge in [0.25, 0.3) is 5.91 Å². The number of likely N-dealkylation sites (tertiary alicyclic amines) is 1. The number of rotatable bonds is 4. The van der Waals surface area contributed by atoms with Crippen LogP contribution in [0.4, 0.5) is 0 Å². The van der Waals surface area contributed by atoms with Crippen LogP contribution in [-0.2, 0) is 0 Å². The second kappa shape index (κ2) is 6.54. The number of methoxy groups -OCH3 is 1. The number of hydrogen-bond acceptors (Lipinski definition) is 3. The Morgan fingerprint density at radius 3 is 2.60 bits per heavy atom. The van der Waals surface area contributed by atoms with E-state index in [1.807, 2.05) is 39.9 Å². The summed E-state index contributed by atoms with van der Waals surface area (Å²) in [6, 6.07) is 9.86. The first kappa shape index (κ1) is 16.2. The summed E-state index contributed by atoms with van der Waals surface area (Å²) in [5.74, 6) is 2.09. The number of piperidine rings is 1. The van der Waals surface area contributed by atoms with Gasteiger partial charge in [-0.1, -0.05) is 13.0 Å². The predicted octanol–water partition coefficient (Wildman–Crippen LogP) is 3.63. The Balaban J connectivity index is 1.65. The molecule has 1 saturated carbocycles. The van der Waals surface area contributed by atoms with Crippen LogP contribution in [0.25, 0.3) is 5.69 Å². The van der Waals surface area contributed by atoms with Gasteiger partial charge in [-0.15, -0.1) is 0 Å². The van der Waals surface area contributed by atoms with Crippen molar-refractivity contribution in [1.29, 1.82) is 0 Å². The maximum Gasteiger partial charge on any atom is 0.274 e. The molecule has 0 unspecified atom stereocenters. The fraction of sp³-hybridized carbons (Fsp3) is 0.500. The van der Waals surface area contributed by atoms with Crippen LogP contribution in [-0.4, -0.2) is 40.8 Å². The quantitative estimate of drug-likeness (QED) is 0.854. The van der Waals surface area contributed by atoms with Crippen molar-refractivity contribution in [3.05, 3.63) is 41.7 Å². The maximum absolute atomic E-state index is 12.9. The van der Waals surface area contributed by atoms with E-state index in [2.05, 4.69) is 12.0 Å². The van der Waals surface area contributed by atoms with E-state index in [0.29, 0.717) is 17.5 Å². The average Bonchev–Trinajstić information content (AvgIpc) is 3.40. The summed E-state index contributed by atoms with van der Waals surface area (Å²) in [4.78, 5) is 14.8. The Bertz CT molecular complexity index is 771. The number of nitrogens with zero attached hydrogens (tertiary/aromatic N) is 3. The fourth-order valence-corrected chi connectivity index (χ4v) is 3.49. The zero-order valence-corrected chi connectivity index (χ0v) is 14.9. The molecular weight excluding hydrogens is 314 g/mol. The monoisotopic (exact) mass is 339 g/mol. The summed E-state index contributed by atoms with van der Waals surface area (Å²) in [5.41, 5.74) is 2.66. The standard InChI is InChI=1S/C20H25N3O2/c1-14-8-10-22(11-9-14)20(24)18-13-19(15-6-7-15)23(21-18)16-4-3-5-17(12-16)25-2/h3-5,12-15H,6-11H2,1-2H3. The number of aromatic nitrogens is 2. The highest BCUT2D eigenvalue weighted by atomic mass is 16.5. The minimum atomic E-state index is 0.0652. The first-order valence-corrected chi connectivity index (χ1v) is 9.19. The average molecular weight is 339 g/mol. The lowest BCUT2D eigenvalue weighted by molar-refractivity contribution is 0.0691. The molecule has 0 spiro atoms. The van der Waals surface area contributed by atoms with Crippen LogP contribution < -0.4 is 4.74 Å². The van der Waals surface area contributed by atoms with Gasteiger partial charge in [0, 0.05) is 30.8 Å². The Labute approximate surface area is 148 Å². The molecule has 5 heteroatoms. The molecule has 25 heavy (non-hydrogen) atoms. The molecule has 0 radical (unpaired) electrons. The van der Waals surface area contributed by atoms with Crippen molar-refractivity contribution in [2.75, 3.05) is 20.2 Å². The lowest BCUT2D eigenvalue weighted by Crippen LogP contribution is -2.38. The van der Waals surface area contributed by atoms with Crippen molar-refractivity contribution in [2.24, 2.45) is 5.92 Å². The molecular formula is C20H25N3O2. The minimum absolute atomic E-state index is 0.0652. The van der Waals surface area contributed by atoms with E-state index in [0.717, 1.165) is 43.1 Å². The van der Waals surface area contributed by atoms with Gasteiger partial charge in [0.05, 0.1) is 12.8 Å². The summed E-state index contributed by atoms with van der Waals surface area (Å²) in [6.45, 7) is 3.93. The Morgan fingerprint density at radius 1 is 1.16 bits per heavy atom. The van der Waals surface area contributed by atoms with E-state index < -0.39 is 0 Å². The van der Waals surface area contributed by atoms with Crippen molar-refractivity contribution in [3.8, 4) is 11.4 Å². The third-order valence-corrected chi connectivity index (χ3v) is 5.32. The number of hydrogen-bond donors (Lipinski definition) is 0. The smallest absolute Gasteiger partial charge is 0.274 e. The summed E-state index contributed by atoms with van der Waals surface area (Å²) >= 11 is 0. The van der Waals surface area contributed by atoms with Crippen LogP contribution in [0.2, 0.25) is 0 Å². The first-order valence-electron chi connectivity index (χ1n) is 9.19. The van der Waals surface area contributed by atoms with Crippen LogP contribution in [0.15, 0.2) is 30.3 Å². The molecule has 0 N–H and O–H groups in total. The van der Waals surface area contributed by atoms with Gasteiger partial charge in [-0.2, -0.15) is 5.10 Å². The molecule has 2 heterocycles. The molecule has 1 aromatic heterocycles. The second-order valence-corrected chi connectivity index (χ2v) is 7.32. The molecule has 0 atom stereocenters. The first-order chi connectivity index (χ1) is 12.2. The highest BCUT2D eigenvalue weighted by Crippen LogP contribution is 2.41. The van der Waals surface area contributed by atoms with E-state index in [-0.39, 0.29) is 5.91 Å². The van der Waals surface area contributed by atoms with Gasteiger partial charge < -0.3 is 9.64 Å². The minimum Gasteiger partial charge on any atom is -0.497 e. The Kier molecular flexibility index (Phi) is 4.24. The molecule has 2 aromatic rings. The van der Waals surface area contributed by atoms with Crippen molar-refractivity contribution in [3.63, 3.8) is 0 Å². The van der Waals surface area contributed by atoms with Gasteiger partial charge in [0.1, 0.15) is 5.75 Å². The zero-order valence-electron chi connectivity index (χ0n) is 14.9. The number of amides is 1. The third kappa shape index (κ3) is 3.28. The van der Waals surface area contributed by atoms with Gasteiger partial charge in [-0.05, 0) is 49.8 Å². The predicted molar refractivity (Wildman–Crippen MR) is 96.4 cm³/mol. The van der Waals surface area contributed by atoms with Gasteiger partial charge in [-0.25, -0.2) is 4.68 Å². The normalized spacial score (nSPS) is 18.4. The molecule has 1 aliphatic heterocycles. The van der Waals surface area contributed by atoms with Gasteiger partial charge in [0.15, 0.2) is 5.69 Å². The molecule has 4 rings (SSSR count). The molecule has 2 fully saturated rings. The SMILES string of the molecule is COc1cccc(-n2nc(C(=O)N3CCC(C)CC3)cc2C2CC2)c1. The number of benzene rings is 1. The Hall–Kier alpha value is -2.30. The van der Waals surface area contributed by atoms with E-state index >= 15 is 0 Å². The van der Waals surface area contributed by atoms with E-state index in [1.165, 1.54) is 12.8 Å². The molecule has 5 nitrogen and oxygen atoms in total. The van der Waals surface area contributed by atoms with Crippen LogP contribution in [0.3, 0.4) is 0 Å². The van der Waals surface area contributed by atoms with E-state index in [9.17, 15) is 4.79 Å². The second-order valence-electron chi connectivity index (χ2n) is 7.32. The van der Waals surface area contributed by atoms with Crippen molar-refractivity contribution < 1.29 is 9.53 Å². The lowest BCUT2D eigenvalue weighted by atomic mass is 9.99. The fourth-order valence-electron chi connectivity index (χ4n) is 3.49. The van der Waals surface area contributed by atoms with Crippen molar-refractivity contribution >= 4 is 5.91 Å². The summed E-state index contributed by atoms with van der Waals surface area (Å²) in [7, 11) is 1.66. The Morgan fingerprint density at radius 2 is 1.92 bits per heavy atom. The van der Waals surface area contributed by atoms with Crippen molar-refractivity contribution in [1.82, 2.24) is 14.7 Å². The van der Waals surface area contributed by atoms with Crippen molar-refractivity contribution in [2.45, 2.75) is 38.5 Å². The van der Waals surface area contributed by atoms with Gasteiger partial charge in [0.2, 0.25) is 0 Å². The maximum atomic E-state index is 12.9. The topological polar surface area (TPSA) is 47.4 Å². The van der Waals surface area contributed by atoms with E-state index in [4.69, 9.17) is 4.74 Å². The van der Waals surface area contributed by atoms with Crippen LogP contribution in [0, 0.1) is 5.92 Å². The molecule has 1 saturated heterocycles. The molecule has 132 valence electrons. The zero-order chi connectivity index (χ0) is 17.4. The van der Waals surface area contributed by atoms with Gasteiger partial charge >= 0.3 is 0 Å². The molecule has 1 aliphatic carbocycles. The summed E-state index contributed by atoms with van der Waals surface area (Å²) < 4.78 is 7.27. The number of ether oxygens (including phenoxy) is 1.